The summed E-state index contributed by atoms with van der Waals surface area (Å²) >= 11 is 0. The fourth-order valence-corrected chi connectivity index (χ4v) is 4.89. The highest BCUT2D eigenvalue weighted by molar-refractivity contribution is 5.69. The fraction of sp³-hybridized carbons (Fsp3) is 0.949. The minimum atomic E-state index is -0.511. The van der Waals surface area contributed by atoms with Crippen LogP contribution in [-0.2, 0) is 47.4 Å². The van der Waals surface area contributed by atoms with Crippen LogP contribution in [0.5, 0.6) is 0 Å². The summed E-state index contributed by atoms with van der Waals surface area (Å²) in [6, 6.07) is 0. The molecule has 0 unspecified atom stereocenters. The molecular formula is C39H77NO11. The number of nitrogens with one attached hydrogen (secondary N) is 1. The standard InChI is InChI=1S/C39H77NO11/c1-5-6-7-8-9-10-11-12-13-14-15-16-17-18-19-20-37(41)50-36-35-49-34-33-48-32-31-47-30-29-46-28-27-45-26-25-44-24-23-43-22-21-40-38(42)51-39(2,3)4/h5-36H2,1-4H3,(H,40,42). The molecule has 51 heavy (non-hydrogen) atoms. The molecule has 0 aromatic heterocycles. The first-order valence-corrected chi connectivity index (χ1v) is 20.0. The van der Waals surface area contributed by atoms with Gasteiger partial charge >= 0.3 is 12.1 Å². The molecule has 0 aliphatic carbocycles. The number of carbonyl (C=O) groups is 2. The number of unbranched alkanes of at least 4 members (excludes halogenated alkanes) is 14. The molecule has 12 heteroatoms. The second kappa shape index (κ2) is 39.7. The lowest BCUT2D eigenvalue weighted by Gasteiger charge is -2.19. The molecule has 0 bridgehead atoms. The number of alkyl carbamates (subject to hydrolysis) is 1. The lowest BCUT2D eigenvalue weighted by atomic mass is 10.0. The molecule has 0 saturated carbocycles. The Hall–Kier alpha value is -1.54. The Morgan fingerprint density at radius 2 is 0.745 bits per heavy atom. The van der Waals surface area contributed by atoms with Crippen molar-refractivity contribution < 1.29 is 52.2 Å². The van der Waals surface area contributed by atoms with Gasteiger partial charge in [0.2, 0.25) is 0 Å². The molecule has 0 atom stereocenters. The number of carbonyl (C=O) groups excluding carboxylic acids is 2. The van der Waals surface area contributed by atoms with E-state index < -0.39 is 11.7 Å². The van der Waals surface area contributed by atoms with E-state index in [0.29, 0.717) is 105 Å². The maximum absolute atomic E-state index is 11.9. The van der Waals surface area contributed by atoms with Crippen LogP contribution in [0.2, 0.25) is 0 Å². The van der Waals surface area contributed by atoms with Gasteiger partial charge in [-0.15, -0.1) is 0 Å². The van der Waals surface area contributed by atoms with Crippen molar-refractivity contribution in [2.24, 2.45) is 0 Å². The summed E-state index contributed by atoms with van der Waals surface area (Å²) in [5.41, 5.74) is -0.511. The van der Waals surface area contributed by atoms with Crippen LogP contribution in [0, 0.1) is 0 Å². The lowest BCUT2D eigenvalue weighted by molar-refractivity contribution is -0.145. The number of rotatable bonds is 40. The van der Waals surface area contributed by atoms with E-state index >= 15 is 0 Å². The molecule has 1 amide bonds. The van der Waals surface area contributed by atoms with Gasteiger partial charge in [-0.05, 0) is 27.2 Å². The molecule has 12 nitrogen and oxygen atoms in total. The summed E-state index contributed by atoms with van der Waals surface area (Å²) in [4.78, 5) is 23.4. The maximum Gasteiger partial charge on any atom is 0.407 e. The normalized spacial score (nSPS) is 11.6. The Morgan fingerprint density at radius 3 is 1.10 bits per heavy atom. The van der Waals surface area contributed by atoms with Gasteiger partial charge in [0.1, 0.15) is 12.2 Å². The van der Waals surface area contributed by atoms with Crippen molar-refractivity contribution in [1.82, 2.24) is 5.32 Å². The van der Waals surface area contributed by atoms with Crippen LogP contribution < -0.4 is 5.32 Å². The zero-order valence-electron chi connectivity index (χ0n) is 33.1. The van der Waals surface area contributed by atoms with Crippen molar-refractivity contribution in [3.8, 4) is 0 Å². The average molecular weight is 736 g/mol. The summed E-state index contributed by atoms with van der Waals surface area (Å²) in [5.74, 6) is -0.133. The van der Waals surface area contributed by atoms with Crippen LogP contribution in [0.3, 0.4) is 0 Å². The van der Waals surface area contributed by atoms with E-state index in [1.807, 2.05) is 20.8 Å². The monoisotopic (exact) mass is 736 g/mol. The molecule has 0 heterocycles. The molecule has 0 aliphatic rings. The van der Waals surface area contributed by atoms with Crippen LogP contribution in [0.1, 0.15) is 130 Å². The van der Waals surface area contributed by atoms with Gasteiger partial charge in [0.25, 0.3) is 0 Å². The molecule has 0 aromatic carbocycles. The van der Waals surface area contributed by atoms with Crippen LogP contribution in [0.15, 0.2) is 0 Å². The maximum atomic E-state index is 11.9. The highest BCUT2D eigenvalue weighted by atomic mass is 16.6. The van der Waals surface area contributed by atoms with Crippen LogP contribution in [0.25, 0.3) is 0 Å². The zero-order chi connectivity index (χ0) is 37.4. The molecule has 304 valence electrons. The summed E-state index contributed by atoms with van der Waals surface area (Å²) in [5, 5.41) is 2.63. The Kier molecular flexibility index (Phi) is 38.5. The highest BCUT2D eigenvalue weighted by Crippen LogP contribution is 2.14. The molecular weight excluding hydrogens is 658 g/mol. The van der Waals surface area contributed by atoms with Crippen molar-refractivity contribution in [2.45, 2.75) is 136 Å². The molecule has 0 spiro atoms. The third kappa shape index (κ3) is 44.5. The fourth-order valence-electron chi connectivity index (χ4n) is 4.89. The number of amides is 1. The van der Waals surface area contributed by atoms with Gasteiger partial charge in [0.15, 0.2) is 0 Å². The number of esters is 1. The summed E-state index contributed by atoms with van der Waals surface area (Å²) in [6.45, 7) is 14.8. The molecule has 0 rings (SSSR count). The van der Waals surface area contributed by atoms with E-state index in [2.05, 4.69) is 12.2 Å². The Bertz CT molecular complexity index is 736. The third-order valence-corrected chi connectivity index (χ3v) is 7.62. The predicted octanol–water partition coefficient (Wildman–Crippen LogP) is 7.43. The molecule has 1 N–H and O–H groups in total. The third-order valence-electron chi connectivity index (χ3n) is 7.62. The summed E-state index contributed by atoms with van der Waals surface area (Å²) in [6.07, 6.45) is 19.7. The largest absolute Gasteiger partial charge is 0.463 e. The van der Waals surface area contributed by atoms with Gasteiger partial charge in [-0.2, -0.15) is 0 Å². The number of hydrogen-bond donors (Lipinski definition) is 1. The predicted molar refractivity (Wildman–Crippen MR) is 200 cm³/mol. The molecule has 0 radical (unpaired) electrons. The van der Waals surface area contributed by atoms with Gasteiger partial charge in [-0.25, -0.2) is 4.79 Å². The topological polar surface area (TPSA) is 129 Å². The quantitative estimate of drug-likeness (QED) is 0.0498. The van der Waals surface area contributed by atoms with Gasteiger partial charge in [0.05, 0.1) is 92.5 Å². The van der Waals surface area contributed by atoms with E-state index in [1.165, 1.54) is 83.5 Å². The van der Waals surface area contributed by atoms with Gasteiger partial charge < -0.3 is 47.9 Å². The van der Waals surface area contributed by atoms with Crippen LogP contribution >= 0.6 is 0 Å². The smallest absolute Gasteiger partial charge is 0.407 e. The van der Waals surface area contributed by atoms with E-state index in [4.69, 9.17) is 42.6 Å². The second-order valence-corrected chi connectivity index (χ2v) is 13.6. The first kappa shape index (κ1) is 49.5. The summed E-state index contributed by atoms with van der Waals surface area (Å²) < 4.78 is 48.6. The van der Waals surface area contributed by atoms with Crippen molar-refractivity contribution >= 4 is 12.1 Å². The minimum absolute atomic E-state index is 0.133. The summed E-state index contributed by atoms with van der Waals surface area (Å²) in [7, 11) is 0. The second-order valence-electron chi connectivity index (χ2n) is 13.6. The SMILES string of the molecule is CCCCCCCCCCCCCCCCCC(=O)OCCOCCOCCOCCOCCOCCOCCOCCNC(=O)OC(C)(C)C. The zero-order valence-corrected chi connectivity index (χ0v) is 33.1. The van der Waals surface area contributed by atoms with Crippen molar-refractivity contribution in [2.75, 3.05) is 106 Å². The number of hydrogen-bond acceptors (Lipinski definition) is 11. The van der Waals surface area contributed by atoms with Crippen molar-refractivity contribution in [1.29, 1.82) is 0 Å². The van der Waals surface area contributed by atoms with E-state index in [1.54, 1.807) is 0 Å². The van der Waals surface area contributed by atoms with E-state index in [0.717, 1.165) is 12.8 Å². The average Bonchev–Trinajstić information content (AvgIpc) is 3.09. The molecule has 0 saturated heterocycles. The Labute approximate surface area is 311 Å². The van der Waals surface area contributed by atoms with Gasteiger partial charge in [-0.1, -0.05) is 96.8 Å². The lowest BCUT2D eigenvalue weighted by Crippen LogP contribution is -2.34. The number of ether oxygens (including phenoxy) is 9. The Balaban J connectivity index is 3.17. The van der Waals surface area contributed by atoms with Crippen molar-refractivity contribution in [3.05, 3.63) is 0 Å². The molecule has 0 fully saturated rings. The Morgan fingerprint density at radius 1 is 0.431 bits per heavy atom. The van der Waals surface area contributed by atoms with Crippen molar-refractivity contribution in [3.63, 3.8) is 0 Å². The van der Waals surface area contributed by atoms with Crippen LogP contribution in [-0.4, -0.2) is 123 Å². The first-order valence-electron chi connectivity index (χ1n) is 20.0. The van der Waals surface area contributed by atoms with Crippen LogP contribution in [0.4, 0.5) is 4.79 Å². The van der Waals surface area contributed by atoms with Gasteiger partial charge in [-0.3, -0.25) is 4.79 Å². The van der Waals surface area contributed by atoms with Gasteiger partial charge in [0, 0.05) is 13.0 Å². The van der Waals surface area contributed by atoms with E-state index in [9.17, 15) is 9.59 Å². The first-order chi connectivity index (χ1) is 24.8. The molecule has 0 aromatic rings. The highest BCUT2D eigenvalue weighted by Gasteiger charge is 2.15. The minimum Gasteiger partial charge on any atom is -0.463 e. The molecule has 0 aliphatic heterocycles. The van der Waals surface area contributed by atoms with E-state index in [-0.39, 0.29) is 12.6 Å².